The fourth-order valence-electron chi connectivity index (χ4n) is 2.21. The SMILES string of the molecule is CCOC(=O)c1c(NC(=O)c2ccncc2)sc(C(=O)OCCOC)c1C. The summed E-state index contributed by atoms with van der Waals surface area (Å²) in [5.41, 5.74) is 0.906. The number of anilines is 1. The van der Waals surface area contributed by atoms with Gasteiger partial charge in [-0.2, -0.15) is 0 Å². The van der Waals surface area contributed by atoms with E-state index in [0.29, 0.717) is 11.1 Å². The molecule has 0 unspecified atom stereocenters. The highest BCUT2D eigenvalue weighted by atomic mass is 32.1. The molecule has 0 radical (unpaired) electrons. The molecule has 0 aliphatic rings. The summed E-state index contributed by atoms with van der Waals surface area (Å²) in [4.78, 5) is 41.2. The van der Waals surface area contributed by atoms with Crippen LogP contribution in [0.2, 0.25) is 0 Å². The molecule has 0 aromatic carbocycles. The third-order valence-electron chi connectivity index (χ3n) is 3.50. The summed E-state index contributed by atoms with van der Waals surface area (Å²) in [6, 6.07) is 3.08. The van der Waals surface area contributed by atoms with Gasteiger partial charge in [-0.05, 0) is 31.5 Å². The van der Waals surface area contributed by atoms with Crippen LogP contribution in [-0.4, -0.2) is 49.8 Å². The van der Waals surface area contributed by atoms with Crippen molar-refractivity contribution < 1.29 is 28.6 Å². The maximum absolute atomic E-state index is 12.4. The van der Waals surface area contributed by atoms with Crippen molar-refractivity contribution in [3.8, 4) is 0 Å². The summed E-state index contributed by atoms with van der Waals surface area (Å²) in [6.45, 7) is 3.79. The molecule has 0 bridgehead atoms. The highest BCUT2D eigenvalue weighted by molar-refractivity contribution is 7.18. The highest BCUT2D eigenvalue weighted by Crippen LogP contribution is 2.34. The second-order valence-corrected chi connectivity index (χ2v) is 6.32. The molecular weight excluding hydrogens is 372 g/mol. The average Bonchev–Trinajstić information content (AvgIpc) is 2.98. The molecule has 0 atom stereocenters. The first kappa shape index (κ1) is 20.5. The second kappa shape index (κ2) is 9.79. The Hall–Kier alpha value is -2.78. The first-order chi connectivity index (χ1) is 13.0. The Balaban J connectivity index is 2.33. The number of carbonyl (C=O) groups excluding carboxylic acids is 3. The molecule has 2 heterocycles. The zero-order chi connectivity index (χ0) is 19.8. The number of pyridine rings is 1. The van der Waals surface area contributed by atoms with E-state index in [-0.39, 0.29) is 35.3 Å². The van der Waals surface area contributed by atoms with E-state index >= 15 is 0 Å². The lowest BCUT2D eigenvalue weighted by atomic mass is 10.1. The van der Waals surface area contributed by atoms with E-state index in [1.54, 1.807) is 26.0 Å². The number of hydrogen-bond donors (Lipinski definition) is 1. The molecule has 0 aliphatic heterocycles. The Morgan fingerprint density at radius 2 is 1.81 bits per heavy atom. The van der Waals surface area contributed by atoms with Gasteiger partial charge in [-0.15, -0.1) is 11.3 Å². The molecule has 1 N–H and O–H groups in total. The van der Waals surface area contributed by atoms with Gasteiger partial charge in [-0.25, -0.2) is 9.59 Å². The molecule has 144 valence electrons. The Morgan fingerprint density at radius 1 is 1.11 bits per heavy atom. The van der Waals surface area contributed by atoms with Crippen LogP contribution in [0, 0.1) is 6.92 Å². The summed E-state index contributed by atoms with van der Waals surface area (Å²) >= 11 is 0.966. The maximum Gasteiger partial charge on any atom is 0.348 e. The van der Waals surface area contributed by atoms with Crippen molar-refractivity contribution in [2.75, 3.05) is 32.2 Å². The van der Waals surface area contributed by atoms with Crippen LogP contribution in [-0.2, 0) is 14.2 Å². The van der Waals surface area contributed by atoms with Crippen molar-refractivity contribution in [2.24, 2.45) is 0 Å². The molecule has 2 aromatic heterocycles. The normalized spacial score (nSPS) is 10.3. The molecular formula is C18H20N2O6S. The Morgan fingerprint density at radius 3 is 2.44 bits per heavy atom. The zero-order valence-corrected chi connectivity index (χ0v) is 16.1. The first-order valence-electron chi connectivity index (χ1n) is 8.17. The van der Waals surface area contributed by atoms with E-state index in [4.69, 9.17) is 14.2 Å². The number of nitrogens with one attached hydrogen (secondary N) is 1. The number of methoxy groups -OCH3 is 1. The Bertz CT molecular complexity index is 819. The van der Waals surface area contributed by atoms with Crippen LogP contribution >= 0.6 is 11.3 Å². The fourth-order valence-corrected chi connectivity index (χ4v) is 3.29. The maximum atomic E-state index is 12.4. The van der Waals surface area contributed by atoms with Crippen molar-refractivity contribution in [1.29, 1.82) is 0 Å². The van der Waals surface area contributed by atoms with Gasteiger partial charge in [0.25, 0.3) is 5.91 Å². The van der Waals surface area contributed by atoms with Crippen LogP contribution in [0.1, 0.15) is 42.9 Å². The van der Waals surface area contributed by atoms with E-state index in [1.807, 2.05) is 0 Å². The van der Waals surface area contributed by atoms with Crippen LogP contribution in [0.15, 0.2) is 24.5 Å². The van der Waals surface area contributed by atoms with Gasteiger partial charge in [0.2, 0.25) is 0 Å². The van der Waals surface area contributed by atoms with Gasteiger partial charge in [-0.1, -0.05) is 0 Å². The second-order valence-electron chi connectivity index (χ2n) is 5.30. The van der Waals surface area contributed by atoms with Gasteiger partial charge in [-0.3, -0.25) is 9.78 Å². The number of thiophene rings is 1. The summed E-state index contributed by atoms with van der Waals surface area (Å²) in [5.74, 6) is -1.64. The first-order valence-corrected chi connectivity index (χ1v) is 8.99. The number of ether oxygens (including phenoxy) is 3. The van der Waals surface area contributed by atoms with E-state index in [0.717, 1.165) is 11.3 Å². The molecule has 2 aromatic rings. The molecule has 9 heteroatoms. The number of aromatic nitrogens is 1. The summed E-state index contributed by atoms with van der Waals surface area (Å²) < 4.78 is 15.0. The number of carbonyl (C=O) groups is 3. The molecule has 0 saturated carbocycles. The van der Waals surface area contributed by atoms with Gasteiger partial charge in [0.1, 0.15) is 16.5 Å². The van der Waals surface area contributed by atoms with Gasteiger partial charge in [0.05, 0.1) is 18.8 Å². The summed E-state index contributed by atoms with van der Waals surface area (Å²) in [7, 11) is 1.50. The predicted octanol–water partition coefficient (Wildman–Crippen LogP) is 2.68. The zero-order valence-electron chi connectivity index (χ0n) is 15.2. The molecule has 0 spiro atoms. The number of hydrogen-bond acceptors (Lipinski definition) is 8. The van der Waals surface area contributed by atoms with Crippen molar-refractivity contribution in [3.05, 3.63) is 46.1 Å². The minimum Gasteiger partial charge on any atom is -0.462 e. The van der Waals surface area contributed by atoms with E-state index < -0.39 is 17.8 Å². The summed E-state index contributed by atoms with van der Waals surface area (Å²) in [6.07, 6.45) is 2.97. The third kappa shape index (κ3) is 5.11. The van der Waals surface area contributed by atoms with Gasteiger partial charge in [0, 0.05) is 25.1 Å². The number of amides is 1. The van der Waals surface area contributed by atoms with Crippen molar-refractivity contribution in [1.82, 2.24) is 4.98 Å². The van der Waals surface area contributed by atoms with E-state index in [1.165, 1.54) is 19.5 Å². The molecule has 27 heavy (non-hydrogen) atoms. The standard InChI is InChI=1S/C18H20N2O6S/c1-4-25-17(22)13-11(2)14(18(23)26-10-9-24-3)27-16(13)20-15(21)12-5-7-19-8-6-12/h5-8H,4,9-10H2,1-3H3,(H,20,21). The Labute approximate surface area is 160 Å². The van der Waals surface area contributed by atoms with Gasteiger partial charge in [0.15, 0.2) is 0 Å². The molecule has 0 saturated heterocycles. The number of rotatable bonds is 8. The van der Waals surface area contributed by atoms with Crippen molar-refractivity contribution in [3.63, 3.8) is 0 Å². The monoisotopic (exact) mass is 392 g/mol. The van der Waals surface area contributed by atoms with Crippen LogP contribution < -0.4 is 5.32 Å². The summed E-state index contributed by atoms with van der Waals surface area (Å²) in [5, 5.41) is 2.90. The average molecular weight is 392 g/mol. The topological polar surface area (TPSA) is 104 Å². The molecule has 0 fully saturated rings. The van der Waals surface area contributed by atoms with Crippen LogP contribution in [0.3, 0.4) is 0 Å². The lowest BCUT2D eigenvalue weighted by Gasteiger charge is -2.07. The minimum absolute atomic E-state index is 0.0835. The lowest BCUT2D eigenvalue weighted by Crippen LogP contribution is -2.15. The van der Waals surface area contributed by atoms with Gasteiger partial charge >= 0.3 is 11.9 Å². The predicted molar refractivity (Wildman–Crippen MR) is 99.4 cm³/mol. The van der Waals surface area contributed by atoms with Crippen molar-refractivity contribution in [2.45, 2.75) is 13.8 Å². The Kier molecular flexibility index (Phi) is 7.44. The quantitative estimate of drug-likeness (QED) is 0.544. The van der Waals surface area contributed by atoms with E-state index in [2.05, 4.69) is 10.3 Å². The van der Waals surface area contributed by atoms with Crippen LogP contribution in [0.5, 0.6) is 0 Å². The van der Waals surface area contributed by atoms with Crippen LogP contribution in [0.25, 0.3) is 0 Å². The van der Waals surface area contributed by atoms with Crippen LogP contribution in [0.4, 0.5) is 5.00 Å². The smallest absolute Gasteiger partial charge is 0.348 e. The highest BCUT2D eigenvalue weighted by Gasteiger charge is 2.27. The van der Waals surface area contributed by atoms with E-state index in [9.17, 15) is 14.4 Å². The number of esters is 2. The third-order valence-corrected chi connectivity index (χ3v) is 4.69. The molecule has 0 aliphatic carbocycles. The largest absolute Gasteiger partial charge is 0.462 e. The van der Waals surface area contributed by atoms with Gasteiger partial charge < -0.3 is 19.5 Å². The number of nitrogens with zero attached hydrogens (tertiary/aromatic N) is 1. The lowest BCUT2D eigenvalue weighted by molar-refractivity contribution is 0.0392. The molecule has 2 rings (SSSR count). The minimum atomic E-state index is -0.618. The fraction of sp³-hybridized carbons (Fsp3) is 0.333. The van der Waals surface area contributed by atoms with Crippen molar-refractivity contribution >= 4 is 34.2 Å². The molecule has 8 nitrogen and oxygen atoms in total. The molecule has 1 amide bonds.